The van der Waals surface area contributed by atoms with Gasteiger partial charge in [-0.25, -0.2) is 4.39 Å². The average molecular weight is 241 g/mol. The number of hydrogen-bond donors (Lipinski definition) is 2. The number of rotatable bonds is 6. The molecule has 1 atom stereocenters. The summed E-state index contributed by atoms with van der Waals surface area (Å²) in [6.07, 6.45) is -0.512. The van der Waals surface area contributed by atoms with E-state index >= 15 is 0 Å². The van der Waals surface area contributed by atoms with Crippen molar-refractivity contribution in [1.29, 1.82) is 0 Å². The summed E-state index contributed by atoms with van der Waals surface area (Å²) in [5.74, 6) is 0.468. The maximum Gasteiger partial charge on any atom is 0.124 e. The minimum atomic E-state index is -0.512. The zero-order valence-corrected chi connectivity index (χ0v) is 10.5. The molecule has 1 rings (SSSR count). The Morgan fingerprint density at radius 3 is 2.71 bits per heavy atom. The number of aliphatic hydroxyl groups is 1. The molecule has 0 aliphatic carbocycles. The molecule has 0 radical (unpaired) electrons. The summed E-state index contributed by atoms with van der Waals surface area (Å²) in [6, 6.07) is 4.39. The number of nitrogens with one attached hydrogen (secondary N) is 1. The van der Waals surface area contributed by atoms with Crippen molar-refractivity contribution in [2.75, 3.05) is 13.7 Å². The van der Waals surface area contributed by atoms with Crippen molar-refractivity contribution < 1.29 is 14.2 Å². The van der Waals surface area contributed by atoms with Crippen molar-refractivity contribution >= 4 is 0 Å². The number of halogens is 1. The smallest absolute Gasteiger partial charge is 0.124 e. The minimum absolute atomic E-state index is 0.142. The van der Waals surface area contributed by atoms with Crippen LogP contribution in [0.15, 0.2) is 18.2 Å². The van der Waals surface area contributed by atoms with E-state index in [4.69, 9.17) is 4.74 Å². The largest absolute Gasteiger partial charge is 0.491 e. The van der Waals surface area contributed by atoms with Gasteiger partial charge in [0.05, 0.1) is 6.10 Å². The van der Waals surface area contributed by atoms with Crippen LogP contribution >= 0.6 is 0 Å². The molecule has 0 saturated carbocycles. The highest BCUT2D eigenvalue weighted by atomic mass is 19.1. The van der Waals surface area contributed by atoms with Gasteiger partial charge in [-0.1, -0.05) is 13.8 Å². The van der Waals surface area contributed by atoms with E-state index in [0.29, 0.717) is 12.3 Å². The maximum absolute atomic E-state index is 13.1. The molecule has 0 saturated heterocycles. The lowest BCUT2D eigenvalue weighted by molar-refractivity contribution is 0.0696. The maximum atomic E-state index is 13.1. The first-order chi connectivity index (χ1) is 8.04. The van der Waals surface area contributed by atoms with Gasteiger partial charge in [0.1, 0.15) is 18.2 Å². The van der Waals surface area contributed by atoms with Crippen molar-refractivity contribution in [2.24, 2.45) is 5.92 Å². The number of benzene rings is 1. The fourth-order valence-corrected chi connectivity index (χ4v) is 1.39. The fraction of sp³-hybridized carbons (Fsp3) is 0.538. The van der Waals surface area contributed by atoms with E-state index in [0.717, 1.165) is 5.56 Å². The van der Waals surface area contributed by atoms with Crippen molar-refractivity contribution in [3.05, 3.63) is 29.6 Å². The standard InChI is InChI=1S/C13H20FNO2/c1-9(2)12(16)8-17-13-5-4-11(14)6-10(13)7-15-3/h4-6,9,12,15-16H,7-8H2,1-3H3. The third kappa shape index (κ3) is 4.32. The van der Waals surface area contributed by atoms with Crippen LogP contribution in [0.1, 0.15) is 19.4 Å². The first-order valence-corrected chi connectivity index (χ1v) is 5.78. The van der Waals surface area contributed by atoms with Gasteiger partial charge in [-0.3, -0.25) is 0 Å². The predicted octanol–water partition coefficient (Wildman–Crippen LogP) is 1.94. The van der Waals surface area contributed by atoms with E-state index in [2.05, 4.69) is 5.32 Å². The second kappa shape index (κ2) is 6.57. The predicted molar refractivity (Wildman–Crippen MR) is 65.5 cm³/mol. The zero-order chi connectivity index (χ0) is 12.8. The van der Waals surface area contributed by atoms with Gasteiger partial charge in [-0.15, -0.1) is 0 Å². The van der Waals surface area contributed by atoms with Gasteiger partial charge in [0.2, 0.25) is 0 Å². The van der Waals surface area contributed by atoms with Crippen LogP contribution < -0.4 is 10.1 Å². The van der Waals surface area contributed by atoms with Gasteiger partial charge in [-0.2, -0.15) is 0 Å². The Kier molecular flexibility index (Phi) is 5.38. The summed E-state index contributed by atoms with van der Waals surface area (Å²) in [6.45, 7) is 4.60. The highest BCUT2D eigenvalue weighted by Crippen LogP contribution is 2.20. The van der Waals surface area contributed by atoms with Gasteiger partial charge >= 0.3 is 0 Å². The first-order valence-electron chi connectivity index (χ1n) is 5.78. The normalized spacial score (nSPS) is 12.8. The Bertz CT molecular complexity index is 355. The molecule has 0 amide bonds. The molecule has 4 heteroatoms. The van der Waals surface area contributed by atoms with Crippen molar-refractivity contribution in [3.8, 4) is 5.75 Å². The van der Waals surface area contributed by atoms with Crippen molar-refractivity contribution in [3.63, 3.8) is 0 Å². The Labute approximate surface area is 102 Å². The van der Waals surface area contributed by atoms with Gasteiger partial charge < -0.3 is 15.2 Å². The third-order valence-electron chi connectivity index (χ3n) is 2.57. The van der Waals surface area contributed by atoms with Crippen LogP contribution in [0.3, 0.4) is 0 Å². The Balaban J connectivity index is 2.69. The average Bonchev–Trinajstić information content (AvgIpc) is 2.28. The molecule has 2 N–H and O–H groups in total. The van der Waals surface area contributed by atoms with Gasteiger partial charge in [0.15, 0.2) is 0 Å². The number of hydrogen-bond acceptors (Lipinski definition) is 3. The van der Waals surface area contributed by atoms with Gasteiger partial charge in [0, 0.05) is 12.1 Å². The minimum Gasteiger partial charge on any atom is -0.491 e. The Morgan fingerprint density at radius 2 is 2.12 bits per heavy atom. The highest BCUT2D eigenvalue weighted by Gasteiger charge is 2.11. The molecule has 1 aromatic carbocycles. The number of aliphatic hydroxyl groups excluding tert-OH is 1. The molecule has 0 heterocycles. The summed E-state index contributed by atoms with van der Waals surface area (Å²) in [5.41, 5.74) is 0.753. The molecule has 0 bridgehead atoms. The van der Waals surface area contributed by atoms with Gasteiger partial charge in [0.25, 0.3) is 0 Å². The SMILES string of the molecule is CNCc1cc(F)ccc1OCC(O)C(C)C. The molecule has 0 aliphatic rings. The zero-order valence-electron chi connectivity index (χ0n) is 10.5. The van der Waals surface area contributed by atoms with Crippen LogP contribution in [0.5, 0.6) is 5.75 Å². The Hall–Kier alpha value is -1.13. The molecular weight excluding hydrogens is 221 g/mol. The second-order valence-corrected chi connectivity index (χ2v) is 4.40. The van der Waals surface area contributed by atoms with Crippen LogP contribution in [0.4, 0.5) is 4.39 Å². The summed E-state index contributed by atoms with van der Waals surface area (Å²) in [5, 5.41) is 12.6. The van der Waals surface area contributed by atoms with Crippen LogP contribution in [0.25, 0.3) is 0 Å². The van der Waals surface area contributed by atoms with E-state index in [1.54, 1.807) is 13.1 Å². The Morgan fingerprint density at radius 1 is 1.41 bits per heavy atom. The lowest BCUT2D eigenvalue weighted by atomic mass is 10.1. The molecule has 0 aromatic heterocycles. The lowest BCUT2D eigenvalue weighted by Crippen LogP contribution is -2.23. The van der Waals surface area contributed by atoms with Crippen molar-refractivity contribution in [2.45, 2.75) is 26.5 Å². The summed E-state index contributed by atoms with van der Waals surface area (Å²) < 4.78 is 18.6. The monoisotopic (exact) mass is 241 g/mol. The first kappa shape index (κ1) is 13.9. The van der Waals surface area contributed by atoms with E-state index in [9.17, 15) is 9.50 Å². The van der Waals surface area contributed by atoms with Crippen molar-refractivity contribution in [1.82, 2.24) is 5.32 Å². The molecule has 0 fully saturated rings. The molecule has 0 spiro atoms. The number of ether oxygens (including phenoxy) is 1. The fourth-order valence-electron chi connectivity index (χ4n) is 1.39. The van der Waals surface area contributed by atoms with E-state index in [1.807, 2.05) is 13.8 Å². The van der Waals surface area contributed by atoms with E-state index in [-0.39, 0.29) is 18.3 Å². The van der Waals surface area contributed by atoms with E-state index < -0.39 is 6.10 Å². The van der Waals surface area contributed by atoms with Crippen LogP contribution in [-0.2, 0) is 6.54 Å². The van der Waals surface area contributed by atoms with E-state index in [1.165, 1.54) is 12.1 Å². The van der Waals surface area contributed by atoms with Crippen LogP contribution in [0.2, 0.25) is 0 Å². The molecule has 96 valence electrons. The highest BCUT2D eigenvalue weighted by molar-refractivity contribution is 5.33. The second-order valence-electron chi connectivity index (χ2n) is 4.40. The summed E-state index contributed by atoms with van der Waals surface area (Å²) >= 11 is 0. The molecule has 1 unspecified atom stereocenters. The molecule has 0 aliphatic heterocycles. The van der Waals surface area contributed by atoms with Crippen LogP contribution in [0, 0.1) is 11.7 Å². The topological polar surface area (TPSA) is 41.5 Å². The van der Waals surface area contributed by atoms with Gasteiger partial charge in [-0.05, 0) is 31.2 Å². The molecule has 3 nitrogen and oxygen atoms in total. The molecule has 1 aromatic rings. The summed E-state index contributed by atoms with van der Waals surface area (Å²) in [7, 11) is 1.79. The molecule has 17 heavy (non-hydrogen) atoms. The third-order valence-corrected chi connectivity index (χ3v) is 2.57. The molecular formula is C13H20FNO2. The summed E-state index contributed by atoms with van der Waals surface area (Å²) in [4.78, 5) is 0. The van der Waals surface area contributed by atoms with Crippen LogP contribution in [-0.4, -0.2) is 24.9 Å². The lowest BCUT2D eigenvalue weighted by Gasteiger charge is -2.17. The quantitative estimate of drug-likeness (QED) is 0.799.